The monoisotopic (exact) mass is 384 g/mol. The van der Waals surface area contributed by atoms with Crippen LogP contribution in [0, 0.1) is 0 Å². The minimum Gasteiger partial charge on any atom is -0.343 e. The Morgan fingerprint density at radius 3 is 2.54 bits per heavy atom. The molecule has 1 aromatic rings. The van der Waals surface area contributed by atoms with E-state index in [4.69, 9.17) is 10.9 Å². The Hall–Kier alpha value is -2.49. The Labute approximate surface area is 156 Å². The van der Waals surface area contributed by atoms with Crippen LogP contribution in [0.5, 0.6) is 0 Å². The van der Waals surface area contributed by atoms with Gasteiger partial charge in [0.1, 0.15) is 12.6 Å². The van der Waals surface area contributed by atoms with E-state index < -0.39 is 42.3 Å². The van der Waals surface area contributed by atoms with E-state index in [1.807, 2.05) is 30.3 Å². The van der Waals surface area contributed by atoms with Crippen LogP contribution in [0.3, 0.4) is 0 Å². The first-order chi connectivity index (χ1) is 11.9. The van der Waals surface area contributed by atoms with Gasteiger partial charge in [0, 0.05) is 6.42 Å². The third kappa shape index (κ3) is 5.51. The Morgan fingerprint density at radius 2 is 1.92 bits per heavy atom. The zero-order valence-corrected chi connectivity index (χ0v) is 14.7. The van der Waals surface area contributed by atoms with Crippen molar-refractivity contribution < 1.29 is 24.4 Å². The Bertz CT molecular complexity index is 670. The molecule has 1 heterocycles. The van der Waals surface area contributed by atoms with Crippen LogP contribution in [0.4, 0.5) is 0 Å². The maximum atomic E-state index is 12.3. The summed E-state index contributed by atoms with van der Waals surface area (Å²) in [7, 11) is 0. The quantitative estimate of drug-likeness (QED) is 0.285. The SMILES string of the molecule is Cl.NC(Cc1ccccc1)C(=O)N[C@H]1CCC(=O)N(CC(=O)NO)C1=O. The highest BCUT2D eigenvalue weighted by atomic mass is 35.5. The summed E-state index contributed by atoms with van der Waals surface area (Å²) in [6.07, 6.45) is 0.450. The van der Waals surface area contributed by atoms with E-state index in [9.17, 15) is 19.2 Å². The second-order valence-corrected chi connectivity index (χ2v) is 5.75. The van der Waals surface area contributed by atoms with Crippen molar-refractivity contribution >= 4 is 36.0 Å². The van der Waals surface area contributed by atoms with Crippen molar-refractivity contribution in [2.24, 2.45) is 5.73 Å². The Kier molecular flexibility index (Phi) is 8.17. The lowest BCUT2D eigenvalue weighted by Gasteiger charge is -2.30. The average Bonchev–Trinajstić information content (AvgIpc) is 2.61. The average molecular weight is 385 g/mol. The number of carbonyl (C=O) groups is 4. The molecule has 2 rings (SSSR count). The molecule has 1 saturated heterocycles. The van der Waals surface area contributed by atoms with Gasteiger partial charge in [-0.25, -0.2) is 5.48 Å². The molecular formula is C16H21ClN4O5. The van der Waals surface area contributed by atoms with Crippen LogP contribution in [-0.4, -0.2) is 52.4 Å². The minimum atomic E-state index is -0.932. The zero-order valence-electron chi connectivity index (χ0n) is 13.9. The molecule has 0 radical (unpaired) electrons. The number of hydrogen-bond donors (Lipinski definition) is 4. The molecule has 4 amide bonds. The summed E-state index contributed by atoms with van der Waals surface area (Å²) in [6.45, 7) is -0.601. The number of piperidine rings is 1. The number of hydrogen-bond acceptors (Lipinski definition) is 6. The molecule has 1 aliphatic rings. The normalized spacial score (nSPS) is 17.9. The van der Waals surface area contributed by atoms with Gasteiger partial charge >= 0.3 is 0 Å². The number of carbonyl (C=O) groups excluding carboxylic acids is 4. The Balaban J connectivity index is 0.00000338. The van der Waals surface area contributed by atoms with Gasteiger partial charge < -0.3 is 11.1 Å². The smallest absolute Gasteiger partial charge is 0.263 e. The van der Waals surface area contributed by atoms with Crippen molar-refractivity contribution in [2.45, 2.75) is 31.3 Å². The second kappa shape index (κ2) is 9.85. The molecule has 1 aromatic carbocycles. The topological polar surface area (TPSA) is 142 Å². The summed E-state index contributed by atoms with van der Waals surface area (Å²) in [5.41, 5.74) is 8.12. The van der Waals surface area contributed by atoms with Crippen LogP contribution in [0.25, 0.3) is 0 Å². The molecule has 1 fully saturated rings. The molecule has 1 aliphatic heterocycles. The maximum absolute atomic E-state index is 12.3. The molecule has 9 nitrogen and oxygen atoms in total. The first kappa shape index (κ1) is 21.6. The molecule has 10 heteroatoms. The number of halogens is 1. The molecule has 2 atom stereocenters. The van der Waals surface area contributed by atoms with E-state index in [0.29, 0.717) is 11.3 Å². The lowest BCUT2D eigenvalue weighted by atomic mass is 10.0. The first-order valence-corrected chi connectivity index (χ1v) is 7.79. The number of imide groups is 1. The molecule has 0 spiro atoms. The van der Waals surface area contributed by atoms with Gasteiger partial charge in [-0.15, -0.1) is 12.4 Å². The Morgan fingerprint density at radius 1 is 1.27 bits per heavy atom. The van der Waals surface area contributed by atoms with Crippen LogP contribution < -0.4 is 16.5 Å². The highest BCUT2D eigenvalue weighted by molar-refractivity contribution is 6.04. The highest BCUT2D eigenvalue weighted by Gasteiger charge is 2.36. The number of nitrogens with one attached hydrogen (secondary N) is 2. The molecule has 0 saturated carbocycles. The second-order valence-electron chi connectivity index (χ2n) is 5.75. The van der Waals surface area contributed by atoms with Gasteiger partial charge in [0.25, 0.3) is 11.8 Å². The fraction of sp³-hybridized carbons (Fsp3) is 0.375. The molecule has 0 aliphatic carbocycles. The number of hydroxylamine groups is 1. The fourth-order valence-electron chi connectivity index (χ4n) is 2.56. The van der Waals surface area contributed by atoms with Gasteiger partial charge in [0.15, 0.2) is 0 Å². The zero-order chi connectivity index (χ0) is 18.4. The predicted octanol–water partition coefficient (Wildman–Crippen LogP) is -0.883. The maximum Gasteiger partial charge on any atom is 0.263 e. The fourth-order valence-corrected chi connectivity index (χ4v) is 2.56. The van der Waals surface area contributed by atoms with Gasteiger partial charge in [-0.1, -0.05) is 30.3 Å². The van der Waals surface area contributed by atoms with Crippen LogP contribution in [0.1, 0.15) is 18.4 Å². The highest BCUT2D eigenvalue weighted by Crippen LogP contribution is 2.13. The minimum absolute atomic E-state index is 0. The molecule has 0 bridgehead atoms. The molecule has 142 valence electrons. The van der Waals surface area contributed by atoms with Crippen molar-refractivity contribution in [2.75, 3.05) is 6.54 Å². The molecule has 26 heavy (non-hydrogen) atoms. The van der Waals surface area contributed by atoms with Gasteiger partial charge in [-0.3, -0.25) is 29.3 Å². The van der Waals surface area contributed by atoms with Crippen molar-refractivity contribution in [1.29, 1.82) is 0 Å². The standard InChI is InChI=1S/C16H20N4O5.ClH/c17-11(8-10-4-2-1-3-5-10)15(23)18-12-6-7-14(22)20(16(12)24)9-13(21)19-25;/h1-5,11-12,25H,6-9,17H2,(H,18,23)(H,19,21);1H/t11?,12-;/m0./s1. The molecular weight excluding hydrogens is 364 g/mol. The van der Waals surface area contributed by atoms with Gasteiger partial charge in [-0.2, -0.15) is 0 Å². The summed E-state index contributed by atoms with van der Waals surface area (Å²) in [5, 5.41) is 11.1. The number of nitrogens with zero attached hydrogens (tertiary/aromatic N) is 1. The number of rotatable bonds is 6. The summed E-state index contributed by atoms with van der Waals surface area (Å²) in [6, 6.07) is 7.42. The third-order valence-electron chi connectivity index (χ3n) is 3.89. The van der Waals surface area contributed by atoms with E-state index in [0.717, 1.165) is 5.56 Å². The molecule has 1 unspecified atom stereocenters. The van der Waals surface area contributed by atoms with E-state index >= 15 is 0 Å². The van der Waals surface area contributed by atoms with Gasteiger partial charge in [-0.05, 0) is 18.4 Å². The van der Waals surface area contributed by atoms with E-state index in [2.05, 4.69) is 5.32 Å². The van der Waals surface area contributed by atoms with E-state index in [1.165, 1.54) is 5.48 Å². The van der Waals surface area contributed by atoms with Crippen LogP contribution in [0.2, 0.25) is 0 Å². The number of amides is 4. The van der Waals surface area contributed by atoms with Crippen LogP contribution >= 0.6 is 12.4 Å². The summed E-state index contributed by atoms with van der Waals surface area (Å²) >= 11 is 0. The summed E-state index contributed by atoms with van der Waals surface area (Å²) in [5.74, 6) is -2.63. The predicted molar refractivity (Wildman–Crippen MR) is 93.2 cm³/mol. The van der Waals surface area contributed by atoms with Crippen molar-refractivity contribution in [3.63, 3.8) is 0 Å². The van der Waals surface area contributed by atoms with Gasteiger partial charge in [0.2, 0.25) is 11.8 Å². The molecule has 5 N–H and O–H groups in total. The van der Waals surface area contributed by atoms with Crippen LogP contribution in [-0.2, 0) is 25.6 Å². The largest absolute Gasteiger partial charge is 0.343 e. The van der Waals surface area contributed by atoms with Crippen LogP contribution in [0.15, 0.2) is 30.3 Å². The number of likely N-dealkylation sites (tertiary alicyclic amines) is 1. The van der Waals surface area contributed by atoms with Crippen molar-refractivity contribution in [3.8, 4) is 0 Å². The van der Waals surface area contributed by atoms with Crippen molar-refractivity contribution in [1.82, 2.24) is 15.7 Å². The third-order valence-corrected chi connectivity index (χ3v) is 3.89. The van der Waals surface area contributed by atoms with E-state index in [1.54, 1.807) is 0 Å². The summed E-state index contributed by atoms with van der Waals surface area (Å²) < 4.78 is 0. The lowest BCUT2D eigenvalue weighted by Crippen LogP contribution is -2.58. The summed E-state index contributed by atoms with van der Waals surface area (Å²) in [4.78, 5) is 48.2. The molecule has 0 aromatic heterocycles. The van der Waals surface area contributed by atoms with Gasteiger partial charge in [0.05, 0.1) is 6.04 Å². The number of nitrogens with two attached hydrogens (primary N) is 1. The lowest BCUT2D eigenvalue weighted by molar-refractivity contribution is -0.154. The van der Waals surface area contributed by atoms with Crippen molar-refractivity contribution in [3.05, 3.63) is 35.9 Å². The first-order valence-electron chi connectivity index (χ1n) is 7.79. The number of benzene rings is 1. The van der Waals surface area contributed by atoms with E-state index in [-0.39, 0.29) is 25.2 Å².